The number of anilines is 1. The summed E-state index contributed by atoms with van der Waals surface area (Å²) in [7, 11) is 0. The van der Waals surface area contributed by atoms with Gasteiger partial charge in [0.2, 0.25) is 0 Å². The second-order valence-electron chi connectivity index (χ2n) is 8.68. The second kappa shape index (κ2) is 11.3. The standard InChI is InChI=1S/C26H22ClF5N4O2/c27-16-9-6-11-18(29)20(16)22-21(25(37)34-14-7-2-1-3-8-14)23(38-36-22)15(13-33)24(26(30,31)32)35-19-12-5-4-10-17(19)28/h4-6,9-14,33,35H,1-3,7-8H2,(H,34,37)/b24-15+,33-13?. The SMILES string of the molecule is N=C/C(=C(\Nc1ccccc1F)C(F)(F)F)c1onc(-c2c(F)cccc2Cl)c1C(=O)NC1CCCCC1. The Morgan fingerprint density at radius 3 is 2.37 bits per heavy atom. The van der Waals surface area contributed by atoms with Crippen LogP contribution in [0.4, 0.5) is 27.6 Å². The third-order valence-corrected chi connectivity index (χ3v) is 6.45. The van der Waals surface area contributed by atoms with E-state index in [1.54, 1.807) is 0 Å². The number of amides is 1. The summed E-state index contributed by atoms with van der Waals surface area (Å²) in [6.45, 7) is 0. The van der Waals surface area contributed by atoms with Crippen molar-refractivity contribution in [2.75, 3.05) is 5.32 Å². The number of allylic oxidation sites excluding steroid dienone is 2. The number of nitrogens with zero attached hydrogens (tertiary/aromatic N) is 1. The number of hydrogen-bond donors (Lipinski definition) is 3. The molecule has 1 amide bonds. The third kappa shape index (κ3) is 5.72. The molecule has 0 saturated heterocycles. The number of carbonyl (C=O) groups excluding carboxylic acids is 1. The molecule has 0 aliphatic heterocycles. The first-order chi connectivity index (χ1) is 18.1. The highest BCUT2D eigenvalue weighted by Gasteiger charge is 2.40. The van der Waals surface area contributed by atoms with Gasteiger partial charge in [-0.3, -0.25) is 4.79 Å². The summed E-state index contributed by atoms with van der Waals surface area (Å²) in [5.41, 5.74) is -4.35. The molecule has 200 valence electrons. The summed E-state index contributed by atoms with van der Waals surface area (Å²) in [4.78, 5) is 13.5. The average Bonchev–Trinajstić information content (AvgIpc) is 3.29. The van der Waals surface area contributed by atoms with Crippen molar-refractivity contribution in [3.8, 4) is 11.3 Å². The Labute approximate surface area is 219 Å². The minimum atomic E-state index is -5.14. The van der Waals surface area contributed by atoms with Crippen LogP contribution in [0.1, 0.15) is 48.2 Å². The fourth-order valence-corrected chi connectivity index (χ4v) is 4.58. The number of nitrogens with one attached hydrogen (secondary N) is 3. The number of benzene rings is 2. The molecule has 0 bridgehead atoms. The Morgan fingerprint density at radius 1 is 1.05 bits per heavy atom. The van der Waals surface area contributed by atoms with E-state index in [0.29, 0.717) is 19.1 Å². The lowest BCUT2D eigenvalue weighted by molar-refractivity contribution is -0.0896. The Kier molecular flexibility index (Phi) is 8.15. The van der Waals surface area contributed by atoms with Crippen LogP contribution in [0.3, 0.4) is 0 Å². The minimum Gasteiger partial charge on any atom is -0.355 e. The van der Waals surface area contributed by atoms with Gasteiger partial charge in [-0.15, -0.1) is 0 Å². The second-order valence-corrected chi connectivity index (χ2v) is 9.08. The van der Waals surface area contributed by atoms with Gasteiger partial charge in [0.05, 0.1) is 21.8 Å². The van der Waals surface area contributed by atoms with Gasteiger partial charge in [0.25, 0.3) is 5.91 Å². The van der Waals surface area contributed by atoms with Crippen molar-refractivity contribution < 1.29 is 31.3 Å². The van der Waals surface area contributed by atoms with Gasteiger partial charge >= 0.3 is 6.18 Å². The molecule has 2 aromatic carbocycles. The lowest BCUT2D eigenvalue weighted by atomic mass is 9.94. The number of alkyl halides is 3. The molecule has 1 aromatic heterocycles. The number of halogens is 6. The normalized spacial score (nSPS) is 15.1. The van der Waals surface area contributed by atoms with E-state index in [2.05, 4.69) is 10.5 Å². The van der Waals surface area contributed by atoms with Crippen LogP contribution in [0.5, 0.6) is 0 Å². The number of carbonyl (C=O) groups is 1. The van der Waals surface area contributed by atoms with Gasteiger partial charge in [0, 0.05) is 12.3 Å². The molecule has 0 atom stereocenters. The van der Waals surface area contributed by atoms with E-state index in [1.165, 1.54) is 24.3 Å². The smallest absolute Gasteiger partial charge is 0.355 e. The van der Waals surface area contributed by atoms with E-state index >= 15 is 0 Å². The van der Waals surface area contributed by atoms with Crippen molar-refractivity contribution in [3.05, 3.63) is 76.1 Å². The number of aromatic nitrogens is 1. The molecule has 1 aliphatic rings. The summed E-state index contributed by atoms with van der Waals surface area (Å²) in [6, 6.07) is 8.06. The molecule has 3 aromatic rings. The molecule has 1 aliphatic carbocycles. The number of hydrogen-bond acceptors (Lipinski definition) is 5. The minimum absolute atomic E-state index is 0.155. The van der Waals surface area contributed by atoms with Crippen LogP contribution < -0.4 is 10.6 Å². The first-order valence-corrected chi connectivity index (χ1v) is 12.1. The van der Waals surface area contributed by atoms with Gasteiger partial charge in [0.1, 0.15) is 28.6 Å². The maximum atomic E-state index is 14.8. The molecular weight excluding hydrogens is 531 g/mol. The molecule has 3 N–H and O–H groups in total. The fourth-order valence-electron chi connectivity index (χ4n) is 4.32. The lowest BCUT2D eigenvalue weighted by Gasteiger charge is -2.23. The summed E-state index contributed by atoms with van der Waals surface area (Å²) in [5.74, 6) is -3.48. The summed E-state index contributed by atoms with van der Waals surface area (Å²) in [6.07, 6.45) is -0.849. The van der Waals surface area contributed by atoms with Gasteiger partial charge in [-0.25, -0.2) is 8.78 Å². The number of rotatable bonds is 7. The van der Waals surface area contributed by atoms with Crippen molar-refractivity contribution in [1.29, 1.82) is 5.41 Å². The molecule has 1 saturated carbocycles. The average molecular weight is 553 g/mol. The first-order valence-electron chi connectivity index (χ1n) is 11.7. The molecule has 38 heavy (non-hydrogen) atoms. The topological polar surface area (TPSA) is 91.0 Å². The largest absolute Gasteiger partial charge is 0.432 e. The van der Waals surface area contributed by atoms with E-state index in [-0.39, 0.29) is 16.6 Å². The first kappa shape index (κ1) is 27.3. The van der Waals surface area contributed by atoms with Gasteiger partial charge < -0.3 is 20.6 Å². The van der Waals surface area contributed by atoms with Crippen molar-refractivity contribution >= 4 is 35.0 Å². The lowest BCUT2D eigenvalue weighted by Crippen LogP contribution is -2.36. The van der Waals surface area contributed by atoms with Crippen molar-refractivity contribution in [2.45, 2.75) is 44.3 Å². The Bertz CT molecular complexity index is 1360. The van der Waals surface area contributed by atoms with E-state index in [4.69, 9.17) is 21.5 Å². The zero-order valence-corrected chi connectivity index (χ0v) is 20.5. The molecule has 1 fully saturated rings. The molecule has 0 radical (unpaired) electrons. The molecular formula is C26H22ClF5N4O2. The molecule has 6 nitrogen and oxygen atoms in total. The van der Waals surface area contributed by atoms with Crippen LogP contribution in [-0.4, -0.2) is 29.5 Å². The van der Waals surface area contributed by atoms with E-state index in [0.717, 1.165) is 37.5 Å². The Hall–Kier alpha value is -3.73. The van der Waals surface area contributed by atoms with Crippen LogP contribution in [0, 0.1) is 17.0 Å². The monoisotopic (exact) mass is 552 g/mol. The molecule has 12 heteroatoms. The zero-order chi connectivity index (χ0) is 27.4. The highest BCUT2D eigenvalue weighted by molar-refractivity contribution is 6.33. The maximum absolute atomic E-state index is 14.8. The van der Waals surface area contributed by atoms with Crippen molar-refractivity contribution in [2.24, 2.45) is 0 Å². The third-order valence-electron chi connectivity index (χ3n) is 6.13. The van der Waals surface area contributed by atoms with Crippen LogP contribution >= 0.6 is 11.6 Å². The molecule has 1 heterocycles. The van der Waals surface area contributed by atoms with Crippen LogP contribution in [-0.2, 0) is 0 Å². The zero-order valence-electron chi connectivity index (χ0n) is 19.8. The van der Waals surface area contributed by atoms with Gasteiger partial charge in [-0.05, 0) is 37.1 Å². The van der Waals surface area contributed by atoms with Crippen LogP contribution in [0.15, 0.2) is 52.7 Å². The van der Waals surface area contributed by atoms with Crippen LogP contribution in [0.2, 0.25) is 5.02 Å². The molecule has 4 rings (SSSR count). The summed E-state index contributed by atoms with van der Waals surface area (Å²) in [5, 5.41) is 16.1. The van der Waals surface area contributed by atoms with E-state index in [1.807, 2.05) is 5.32 Å². The van der Waals surface area contributed by atoms with Gasteiger partial charge in [0.15, 0.2) is 5.76 Å². The highest BCUT2D eigenvalue weighted by Crippen LogP contribution is 2.39. The highest BCUT2D eigenvalue weighted by atomic mass is 35.5. The fraction of sp³-hybridized carbons (Fsp3) is 0.269. The predicted octanol–water partition coefficient (Wildman–Crippen LogP) is 7.37. The summed E-state index contributed by atoms with van der Waals surface area (Å²) >= 11 is 6.17. The van der Waals surface area contributed by atoms with E-state index in [9.17, 15) is 26.7 Å². The van der Waals surface area contributed by atoms with E-state index < -0.39 is 57.7 Å². The van der Waals surface area contributed by atoms with Gasteiger partial charge in [-0.1, -0.05) is 54.2 Å². The molecule has 0 spiro atoms. The number of para-hydroxylation sites is 1. The summed E-state index contributed by atoms with van der Waals surface area (Å²) < 4.78 is 76.9. The Balaban J connectivity index is 1.93. The van der Waals surface area contributed by atoms with Crippen molar-refractivity contribution in [3.63, 3.8) is 0 Å². The molecule has 0 unspecified atom stereocenters. The van der Waals surface area contributed by atoms with Crippen molar-refractivity contribution in [1.82, 2.24) is 10.5 Å². The Morgan fingerprint density at radius 2 is 1.74 bits per heavy atom. The van der Waals surface area contributed by atoms with Crippen LogP contribution in [0.25, 0.3) is 16.8 Å². The maximum Gasteiger partial charge on any atom is 0.432 e. The predicted molar refractivity (Wildman–Crippen MR) is 133 cm³/mol. The quantitative estimate of drug-likeness (QED) is 0.211. The van der Waals surface area contributed by atoms with Gasteiger partial charge in [-0.2, -0.15) is 13.2 Å².